The van der Waals surface area contributed by atoms with Gasteiger partial charge in [-0.25, -0.2) is 0 Å². The zero-order valence-corrected chi connectivity index (χ0v) is 6.98. The molecule has 2 nitrogen and oxygen atoms in total. The van der Waals surface area contributed by atoms with Crippen molar-refractivity contribution in [2.75, 3.05) is 0 Å². The van der Waals surface area contributed by atoms with Crippen molar-refractivity contribution in [3.63, 3.8) is 0 Å². The first-order chi connectivity index (χ1) is 4.56. The fraction of sp³-hybridized carbons (Fsp3) is 0.875. The number of carboxylic acids is 1. The summed E-state index contributed by atoms with van der Waals surface area (Å²) in [5.74, 6) is -0.670. The zero-order chi connectivity index (χ0) is 8.20. The molecule has 60 valence electrons. The Morgan fingerprint density at radius 1 is 1.50 bits per heavy atom. The van der Waals surface area contributed by atoms with Gasteiger partial charge in [0.2, 0.25) is 0 Å². The van der Waals surface area contributed by atoms with E-state index in [-0.39, 0.29) is 0 Å². The summed E-state index contributed by atoms with van der Waals surface area (Å²) in [6.45, 7) is 5.74. The van der Waals surface area contributed by atoms with Crippen molar-refractivity contribution in [3.05, 3.63) is 0 Å². The summed E-state index contributed by atoms with van der Waals surface area (Å²) in [7, 11) is 0. The topological polar surface area (TPSA) is 37.3 Å². The fourth-order valence-corrected chi connectivity index (χ4v) is 0.987. The molecule has 0 aliphatic rings. The van der Waals surface area contributed by atoms with Gasteiger partial charge in [0.05, 0.1) is 5.41 Å². The van der Waals surface area contributed by atoms with Crippen molar-refractivity contribution in [1.82, 2.24) is 0 Å². The molecule has 1 N–H and O–H groups in total. The van der Waals surface area contributed by atoms with Crippen molar-refractivity contribution in [2.24, 2.45) is 5.41 Å². The van der Waals surface area contributed by atoms with E-state index in [9.17, 15) is 4.79 Å². The second-order valence-corrected chi connectivity index (χ2v) is 2.97. The van der Waals surface area contributed by atoms with Gasteiger partial charge in [-0.05, 0) is 19.8 Å². The fourth-order valence-electron chi connectivity index (χ4n) is 0.987. The lowest BCUT2D eigenvalue weighted by Crippen LogP contribution is -2.26. The Hall–Kier alpha value is -0.530. The molecular weight excluding hydrogens is 128 g/mol. The molecule has 0 rings (SSSR count). The Kier molecular flexibility index (Phi) is 3.40. The minimum Gasteiger partial charge on any atom is -0.481 e. The number of aliphatic carboxylic acids is 1. The molecule has 0 heterocycles. The van der Waals surface area contributed by atoms with E-state index in [1.807, 2.05) is 13.8 Å². The van der Waals surface area contributed by atoms with Crippen molar-refractivity contribution in [3.8, 4) is 0 Å². The van der Waals surface area contributed by atoms with Crippen molar-refractivity contribution in [1.29, 1.82) is 0 Å². The van der Waals surface area contributed by atoms with E-state index < -0.39 is 11.4 Å². The molecule has 1 unspecified atom stereocenters. The molecule has 2 heteroatoms. The first kappa shape index (κ1) is 9.47. The van der Waals surface area contributed by atoms with E-state index in [0.717, 1.165) is 19.3 Å². The number of hydrogen-bond donors (Lipinski definition) is 1. The molecule has 0 aromatic rings. The van der Waals surface area contributed by atoms with Gasteiger partial charge in [-0.1, -0.05) is 20.3 Å². The van der Waals surface area contributed by atoms with Crippen LogP contribution in [0.4, 0.5) is 0 Å². The lowest BCUT2D eigenvalue weighted by molar-refractivity contribution is -0.148. The van der Waals surface area contributed by atoms with E-state index in [0.29, 0.717) is 0 Å². The highest BCUT2D eigenvalue weighted by Gasteiger charge is 2.29. The van der Waals surface area contributed by atoms with E-state index in [1.165, 1.54) is 0 Å². The van der Waals surface area contributed by atoms with E-state index >= 15 is 0 Å². The van der Waals surface area contributed by atoms with E-state index in [4.69, 9.17) is 5.11 Å². The highest BCUT2D eigenvalue weighted by molar-refractivity contribution is 5.73. The lowest BCUT2D eigenvalue weighted by Gasteiger charge is -2.21. The maximum atomic E-state index is 10.6. The van der Waals surface area contributed by atoms with Gasteiger partial charge < -0.3 is 5.11 Å². The highest BCUT2D eigenvalue weighted by Crippen LogP contribution is 2.26. The second-order valence-electron chi connectivity index (χ2n) is 2.97. The SMILES string of the molecule is CCCC(C)(CC)C(=O)O. The van der Waals surface area contributed by atoms with Crippen LogP contribution in [0.2, 0.25) is 0 Å². The minimum absolute atomic E-state index is 0.491. The van der Waals surface area contributed by atoms with Gasteiger partial charge in [-0.3, -0.25) is 4.79 Å². The summed E-state index contributed by atoms with van der Waals surface area (Å²) >= 11 is 0. The number of rotatable bonds is 4. The molecule has 1 atom stereocenters. The molecule has 0 aliphatic carbocycles. The van der Waals surface area contributed by atoms with E-state index in [2.05, 4.69) is 0 Å². The van der Waals surface area contributed by atoms with Crippen LogP contribution < -0.4 is 0 Å². The molecule has 0 aromatic carbocycles. The Morgan fingerprint density at radius 3 is 2.10 bits per heavy atom. The first-order valence-corrected chi connectivity index (χ1v) is 3.80. The van der Waals surface area contributed by atoms with Crippen LogP contribution in [0.3, 0.4) is 0 Å². The summed E-state index contributed by atoms with van der Waals surface area (Å²) in [6.07, 6.45) is 2.44. The molecular formula is C8H16O2. The number of carboxylic acid groups (broad SMARTS) is 1. The largest absolute Gasteiger partial charge is 0.481 e. The van der Waals surface area contributed by atoms with Crippen LogP contribution in [0.25, 0.3) is 0 Å². The average molecular weight is 144 g/mol. The molecule has 0 radical (unpaired) electrons. The maximum absolute atomic E-state index is 10.6. The maximum Gasteiger partial charge on any atom is 0.309 e. The number of hydrogen-bond acceptors (Lipinski definition) is 1. The van der Waals surface area contributed by atoms with Crippen LogP contribution in [0, 0.1) is 5.41 Å². The summed E-state index contributed by atoms with van der Waals surface area (Å²) < 4.78 is 0. The molecule has 0 aromatic heterocycles. The normalized spacial score (nSPS) is 16.3. The van der Waals surface area contributed by atoms with Crippen LogP contribution in [0.1, 0.15) is 40.0 Å². The van der Waals surface area contributed by atoms with Gasteiger partial charge in [-0.15, -0.1) is 0 Å². The smallest absolute Gasteiger partial charge is 0.309 e. The minimum atomic E-state index is -0.670. The Bertz CT molecular complexity index is 120. The van der Waals surface area contributed by atoms with Crippen molar-refractivity contribution in [2.45, 2.75) is 40.0 Å². The quantitative estimate of drug-likeness (QED) is 0.657. The molecule has 0 saturated carbocycles. The van der Waals surface area contributed by atoms with Crippen LogP contribution in [-0.4, -0.2) is 11.1 Å². The monoisotopic (exact) mass is 144 g/mol. The summed E-state index contributed by atoms with van der Waals surface area (Å²) in [4.78, 5) is 10.6. The lowest BCUT2D eigenvalue weighted by atomic mass is 9.83. The van der Waals surface area contributed by atoms with E-state index in [1.54, 1.807) is 6.92 Å². The second kappa shape index (κ2) is 3.59. The highest BCUT2D eigenvalue weighted by atomic mass is 16.4. The molecule has 0 bridgehead atoms. The van der Waals surface area contributed by atoms with Gasteiger partial charge in [0.1, 0.15) is 0 Å². The van der Waals surface area contributed by atoms with Crippen molar-refractivity contribution < 1.29 is 9.90 Å². The molecule has 0 saturated heterocycles. The third-order valence-electron chi connectivity index (χ3n) is 2.10. The average Bonchev–Trinajstić information content (AvgIpc) is 1.88. The Labute approximate surface area is 62.2 Å². The molecule has 0 spiro atoms. The van der Waals surface area contributed by atoms with Gasteiger partial charge in [0.15, 0.2) is 0 Å². The Morgan fingerprint density at radius 2 is 2.00 bits per heavy atom. The van der Waals surface area contributed by atoms with Crippen LogP contribution >= 0.6 is 0 Å². The Balaban J connectivity index is 4.08. The van der Waals surface area contributed by atoms with Gasteiger partial charge in [0.25, 0.3) is 0 Å². The number of carbonyl (C=O) groups is 1. The first-order valence-electron chi connectivity index (χ1n) is 3.80. The van der Waals surface area contributed by atoms with Crippen LogP contribution in [0.15, 0.2) is 0 Å². The third kappa shape index (κ3) is 2.01. The zero-order valence-electron chi connectivity index (χ0n) is 6.98. The molecule has 0 amide bonds. The predicted molar refractivity (Wildman–Crippen MR) is 40.9 cm³/mol. The standard InChI is InChI=1S/C8H16O2/c1-4-6-8(3,5-2)7(9)10/h4-6H2,1-3H3,(H,9,10). The van der Waals surface area contributed by atoms with Gasteiger partial charge >= 0.3 is 5.97 Å². The van der Waals surface area contributed by atoms with Crippen LogP contribution in [0.5, 0.6) is 0 Å². The molecule has 10 heavy (non-hydrogen) atoms. The van der Waals surface area contributed by atoms with Gasteiger partial charge in [-0.2, -0.15) is 0 Å². The van der Waals surface area contributed by atoms with Crippen LogP contribution in [-0.2, 0) is 4.79 Å². The van der Waals surface area contributed by atoms with Crippen molar-refractivity contribution >= 4 is 5.97 Å². The van der Waals surface area contributed by atoms with Gasteiger partial charge in [0, 0.05) is 0 Å². The summed E-state index contributed by atoms with van der Waals surface area (Å²) in [5, 5.41) is 8.76. The summed E-state index contributed by atoms with van der Waals surface area (Å²) in [6, 6.07) is 0. The summed E-state index contributed by atoms with van der Waals surface area (Å²) in [5.41, 5.74) is -0.491. The third-order valence-corrected chi connectivity index (χ3v) is 2.10. The predicted octanol–water partition coefficient (Wildman–Crippen LogP) is 2.29. The molecule has 0 fully saturated rings. The molecule has 0 aliphatic heterocycles.